The first-order valence-electron chi connectivity index (χ1n) is 11.4. The molecule has 1 aliphatic carbocycles. The average Bonchev–Trinajstić information content (AvgIpc) is 3.26. The lowest BCUT2D eigenvalue weighted by molar-refractivity contribution is 0.0266. The maximum atomic E-state index is 13.6. The van der Waals surface area contributed by atoms with Gasteiger partial charge in [-0.05, 0) is 32.3 Å². The average molecular weight is 537 g/mol. The molecule has 0 bridgehead atoms. The number of halogens is 1. The summed E-state index contributed by atoms with van der Waals surface area (Å²) in [6.07, 6.45) is 4.51. The van der Waals surface area contributed by atoms with Crippen LogP contribution in [0, 0.1) is 0 Å². The van der Waals surface area contributed by atoms with Crippen molar-refractivity contribution in [3.8, 4) is 17.4 Å². The molecule has 0 unspecified atom stereocenters. The molecule has 0 radical (unpaired) electrons. The number of pyridine rings is 1. The molecule has 13 heteroatoms. The molecular weight excluding hydrogens is 508 g/mol. The Kier molecular flexibility index (Phi) is 7.88. The molecular formula is C23H29ClN6O5S. The highest BCUT2D eigenvalue weighted by Gasteiger charge is 2.44. The van der Waals surface area contributed by atoms with Crippen LogP contribution < -0.4 is 4.74 Å². The Morgan fingerprint density at radius 2 is 1.86 bits per heavy atom. The van der Waals surface area contributed by atoms with E-state index >= 15 is 0 Å². The molecule has 194 valence electrons. The number of ether oxygens (including phenoxy) is 3. The van der Waals surface area contributed by atoms with Gasteiger partial charge in [0, 0.05) is 32.7 Å². The molecule has 1 saturated carbocycles. The molecule has 0 saturated heterocycles. The van der Waals surface area contributed by atoms with E-state index < -0.39 is 26.7 Å². The number of hydrogen-bond acceptors (Lipinski definition) is 10. The van der Waals surface area contributed by atoms with E-state index in [-0.39, 0.29) is 11.6 Å². The summed E-state index contributed by atoms with van der Waals surface area (Å²) in [6.45, 7) is 1.96. The van der Waals surface area contributed by atoms with E-state index in [1.807, 2.05) is 4.57 Å². The third-order valence-electron chi connectivity index (χ3n) is 6.54. The fourth-order valence-corrected chi connectivity index (χ4v) is 6.01. The summed E-state index contributed by atoms with van der Waals surface area (Å²) >= 11 is 5.89. The Morgan fingerprint density at radius 1 is 1.14 bits per heavy atom. The van der Waals surface area contributed by atoms with Crippen molar-refractivity contribution in [2.45, 2.75) is 48.8 Å². The van der Waals surface area contributed by atoms with Crippen LogP contribution in [-0.4, -0.2) is 71.3 Å². The number of hydrogen-bond donors (Lipinski definition) is 0. The van der Waals surface area contributed by atoms with Crippen LogP contribution in [0.3, 0.4) is 0 Å². The van der Waals surface area contributed by atoms with Crippen molar-refractivity contribution in [3.05, 3.63) is 47.3 Å². The van der Waals surface area contributed by atoms with Gasteiger partial charge in [0.15, 0.2) is 21.5 Å². The first kappa shape index (κ1) is 26.4. The molecule has 3 heterocycles. The predicted octanol–water partition coefficient (Wildman–Crippen LogP) is 3.01. The first-order valence-corrected chi connectivity index (χ1v) is 13.5. The Balaban J connectivity index is 1.74. The molecule has 3 aromatic heterocycles. The summed E-state index contributed by atoms with van der Waals surface area (Å²) in [7, 11) is 0.788. The van der Waals surface area contributed by atoms with E-state index in [1.165, 1.54) is 26.6 Å². The van der Waals surface area contributed by atoms with E-state index in [1.54, 1.807) is 32.2 Å². The van der Waals surface area contributed by atoms with Gasteiger partial charge in [0.05, 0.1) is 29.5 Å². The van der Waals surface area contributed by atoms with Crippen LogP contribution in [0.1, 0.15) is 43.9 Å². The zero-order valence-corrected chi connectivity index (χ0v) is 22.2. The van der Waals surface area contributed by atoms with Gasteiger partial charge in [-0.1, -0.05) is 17.7 Å². The highest BCUT2D eigenvalue weighted by atomic mass is 35.5. The van der Waals surface area contributed by atoms with Gasteiger partial charge >= 0.3 is 0 Å². The number of methoxy groups -OCH3 is 3. The van der Waals surface area contributed by atoms with Gasteiger partial charge in [-0.25, -0.2) is 23.4 Å². The van der Waals surface area contributed by atoms with Crippen molar-refractivity contribution >= 4 is 21.4 Å². The Bertz CT molecular complexity index is 1300. The van der Waals surface area contributed by atoms with Gasteiger partial charge in [0.25, 0.3) is 0 Å². The molecule has 1 fully saturated rings. The second-order valence-corrected chi connectivity index (χ2v) is 11.6. The quantitative estimate of drug-likeness (QED) is 0.360. The first-order chi connectivity index (χ1) is 17.2. The van der Waals surface area contributed by atoms with Gasteiger partial charge in [-0.2, -0.15) is 0 Å². The monoisotopic (exact) mass is 536 g/mol. The van der Waals surface area contributed by atoms with Crippen LogP contribution in [-0.2, 0) is 30.6 Å². The Labute approximate surface area is 215 Å². The van der Waals surface area contributed by atoms with Crippen LogP contribution in [0.15, 0.2) is 30.6 Å². The molecule has 4 rings (SSSR count). The standard InChI is InChI=1S/C23H29ClN6O5S/c1-15(20(35-4)21-25-11-16(24)12-26-21)36(31,32)13-18-28-29-22(17-7-5-8-19(27-17)34-3)30(18)23(14-33-2)9-6-10-23/h5,7-8,11-12,15,20H,6,9-10,13-14H2,1-4H3/t15-,20-/m0/s1. The minimum atomic E-state index is -3.79. The SMILES string of the molecule is COCC1(n2c(CS(=O)(=O)[C@@H](C)[C@H](OC)c3ncc(Cl)cn3)nnc2-c2cccc(OC)n2)CCC1. The molecule has 36 heavy (non-hydrogen) atoms. The Hall–Kier alpha value is -2.67. The van der Waals surface area contributed by atoms with E-state index in [2.05, 4.69) is 25.1 Å². The maximum Gasteiger partial charge on any atom is 0.213 e. The molecule has 0 spiro atoms. The highest BCUT2D eigenvalue weighted by molar-refractivity contribution is 7.91. The second kappa shape index (κ2) is 10.8. The zero-order valence-electron chi connectivity index (χ0n) is 20.6. The van der Waals surface area contributed by atoms with Crippen LogP contribution in [0.25, 0.3) is 11.5 Å². The van der Waals surface area contributed by atoms with Crippen LogP contribution in [0.2, 0.25) is 5.02 Å². The van der Waals surface area contributed by atoms with E-state index in [9.17, 15) is 8.42 Å². The summed E-state index contributed by atoms with van der Waals surface area (Å²) in [6, 6.07) is 5.33. The maximum absolute atomic E-state index is 13.6. The number of aromatic nitrogens is 6. The number of rotatable bonds is 11. The second-order valence-electron chi connectivity index (χ2n) is 8.78. The fourth-order valence-electron chi connectivity index (χ4n) is 4.49. The minimum absolute atomic E-state index is 0.232. The summed E-state index contributed by atoms with van der Waals surface area (Å²) in [5, 5.41) is 8.08. The largest absolute Gasteiger partial charge is 0.481 e. The summed E-state index contributed by atoms with van der Waals surface area (Å²) in [5.41, 5.74) is 0.0668. The molecule has 0 amide bonds. The molecule has 0 aromatic carbocycles. The third-order valence-corrected chi connectivity index (χ3v) is 8.77. The third kappa shape index (κ3) is 5.08. The highest BCUT2D eigenvalue weighted by Crippen LogP contribution is 2.43. The molecule has 2 atom stereocenters. The fraction of sp³-hybridized carbons (Fsp3) is 0.522. The van der Waals surface area contributed by atoms with Gasteiger partial charge in [0.2, 0.25) is 5.88 Å². The summed E-state index contributed by atoms with van der Waals surface area (Å²) in [4.78, 5) is 12.8. The summed E-state index contributed by atoms with van der Waals surface area (Å²) in [5.74, 6) is 1.07. The lowest BCUT2D eigenvalue weighted by Crippen LogP contribution is -2.46. The van der Waals surface area contributed by atoms with E-state index in [4.69, 9.17) is 25.8 Å². The van der Waals surface area contributed by atoms with Crippen molar-refractivity contribution in [2.75, 3.05) is 27.9 Å². The van der Waals surface area contributed by atoms with Gasteiger partial charge in [0.1, 0.15) is 23.4 Å². The molecule has 0 N–H and O–H groups in total. The van der Waals surface area contributed by atoms with Crippen LogP contribution in [0.5, 0.6) is 5.88 Å². The van der Waals surface area contributed by atoms with Gasteiger partial charge < -0.3 is 18.8 Å². The van der Waals surface area contributed by atoms with E-state index in [0.717, 1.165) is 19.3 Å². The smallest absolute Gasteiger partial charge is 0.213 e. The van der Waals surface area contributed by atoms with E-state index in [0.29, 0.717) is 34.9 Å². The van der Waals surface area contributed by atoms with Crippen molar-refractivity contribution in [2.24, 2.45) is 0 Å². The van der Waals surface area contributed by atoms with Crippen molar-refractivity contribution in [1.82, 2.24) is 29.7 Å². The van der Waals surface area contributed by atoms with Crippen LogP contribution in [0.4, 0.5) is 0 Å². The van der Waals surface area contributed by atoms with Crippen LogP contribution >= 0.6 is 11.6 Å². The topological polar surface area (TPSA) is 131 Å². The molecule has 3 aromatic rings. The number of sulfone groups is 1. The molecule has 11 nitrogen and oxygen atoms in total. The summed E-state index contributed by atoms with van der Waals surface area (Å²) < 4.78 is 45.4. The van der Waals surface area contributed by atoms with Gasteiger partial charge in [-0.15, -0.1) is 10.2 Å². The molecule has 0 aliphatic heterocycles. The Morgan fingerprint density at radius 3 is 2.44 bits per heavy atom. The molecule has 1 aliphatic rings. The van der Waals surface area contributed by atoms with Crippen molar-refractivity contribution < 1.29 is 22.6 Å². The number of nitrogens with zero attached hydrogens (tertiary/aromatic N) is 6. The lowest BCUT2D eigenvalue weighted by Gasteiger charge is -2.43. The predicted molar refractivity (Wildman–Crippen MR) is 132 cm³/mol. The zero-order chi connectivity index (χ0) is 25.9. The van der Waals surface area contributed by atoms with Crippen molar-refractivity contribution in [3.63, 3.8) is 0 Å². The van der Waals surface area contributed by atoms with Crippen molar-refractivity contribution in [1.29, 1.82) is 0 Å². The lowest BCUT2D eigenvalue weighted by atomic mass is 9.76. The van der Waals surface area contributed by atoms with Gasteiger partial charge in [-0.3, -0.25) is 0 Å². The normalized spacial score (nSPS) is 16.8. The minimum Gasteiger partial charge on any atom is -0.481 e.